The predicted molar refractivity (Wildman–Crippen MR) is 83.4 cm³/mol. The minimum Gasteiger partial charge on any atom is -0.446 e. The second kappa shape index (κ2) is 6.73. The topological polar surface area (TPSA) is 59.1 Å². The number of carbonyl (C=O) groups is 2. The van der Waals surface area contributed by atoms with Crippen molar-refractivity contribution in [3.05, 3.63) is 27.2 Å². The molecule has 0 bridgehead atoms. The monoisotopic (exact) mass is 346 g/mol. The molecule has 0 aliphatic carbocycles. The van der Waals surface area contributed by atoms with Crippen LogP contribution in [0.1, 0.15) is 11.1 Å². The molecule has 1 aromatic rings. The third-order valence-corrected chi connectivity index (χ3v) is 4.16. The first-order valence-corrected chi connectivity index (χ1v) is 7.35. The fourth-order valence-electron chi connectivity index (χ4n) is 2.28. The van der Waals surface area contributed by atoms with Crippen LogP contribution < -0.4 is 5.01 Å². The summed E-state index contributed by atoms with van der Waals surface area (Å²) in [6.07, 6.45) is -0.598. The highest BCUT2D eigenvalue weighted by atomic mass is 35.5. The van der Waals surface area contributed by atoms with Crippen molar-refractivity contribution in [1.29, 1.82) is 0 Å². The van der Waals surface area contributed by atoms with E-state index in [0.717, 1.165) is 0 Å². The van der Waals surface area contributed by atoms with Crippen LogP contribution in [0.5, 0.6) is 0 Å². The number of hydrazine groups is 1. The number of halogens is 2. The number of rotatable bonds is 4. The van der Waals surface area contributed by atoms with Gasteiger partial charge in [0.15, 0.2) is 0 Å². The molecule has 0 N–H and O–H groups in total. The molecule has 1 saturated heterocycles. The van der Waals surface area contributed by atoms with Crippen molar-refractivity contribution in [2.45, 2.75) is 13.8 Å². The van der Waals surface area contributed by atoms with E-state index in [0.29, 0.717) is 26.9 Å². The lowest BCUT2D eigenvalue weighted by Gasteiger charge is -2.32. The Morgan fingerprint density at radius 2 is 1.95 bits per heavy atom. The molecule has 120 valence electrons. The lowest BCUT2D eigenvalue weighted by Crippen LogP contribution is -2.49. The molecule has 1 aliphatic heterocycles. The van der Waals surface area contributed by atoms with Crippen LogP contribution in [0.2, 0.25) is 10.0 Å². The van der Waals surface area contributed by atoms with E-state index in [1.807, 2.05) is 0 Å². The first-order valence-electron chi connectivity index (χ1n) is 6.59. The van der Waals surface area contributed by atoms with E-state index in [4.69, 9.17) is 32.7 Å². The molecule has 2 rings (SSSR count). The molecule has 0 spiro atoms. The third kappa shape index (κ3) is 2.99. The molecule has 0 saturated carbocycles. The molecule has 1 fully saturated rings. The summed E-state index contributed by atoms with van der Waals surface area (Å²) in [6.45, 7) is 3.80. The molecule has 2 amide bonds. The molecular weight excluding hydrogens is 331 g/mol. The van der Waals surface area contributed by atoms with Crippen molar-refractivity contribution in [1.82, 2.24) is 5.01 Å². The average Bonchev–Trinajstić information content (AvgIpc) is 2.87. The van der Waals surface area contributed by atoms with Gasteiger partial charge in [0, 0.05) is 17.2 Å². The van der Waals surface area contributed by atoms with Crippen LogP contribution in [0.25, 0.3) is 0 Å². The molecule has 1 heterocycles. The Balaban J connectivity index is 2.59. The summed E-state index contributed by atoms with van der Waals surface area (Å²) < 4.78 is 9.83. The number of nitrogens with zero attached hydrogens (tertiary/aromatic N) is 2. The van der Waals surface area contributed by atoms with Crippen LogP contribution in [0.4, 0.5) is 10.5 Å². The Labute approximate surface area is 138 Å². The number of hydrogen-bond donors (Lipinski definition) is 0. The van der Waals surface area contributed by atoms with Crippen molar-refractivity contribution >= 4 is 40.9 Å². The van der Waals surface area contributed by atoms with Gasteiger partial charge in [-0.05, 0) is 31.0 Å². The first kappa shape index (κ1) is 16.9. The highest BCUT2D eigenvalue weighted by Gasteiger charge is 2.35. The summed E-state index contributed by atoms with van der Waals surface area (Å²) in [5.74, 6) is -0.411. The van der Waals surface area contributed by atoms with Gasteiger partial charge < -0.3 is 9.47 Å². The number of carbonyl (C=O) groups excluding carboxylic acids is 2. The second-order valence-electron chi connectivity index (χ2n) is 4.81. The molecule has 0 unspecified atom stereocenters. The van der Waals surface area contributed by atoms with E-state index in [1.165, 1.54) is 17.1 Å². The van der Waals surface area contributed by atoms with Gasteiger partial charge in [0.2, 0.25) is 0 Å². The molecule has 8 heteroatoms. The van der Waals surface area contributed by atoms with Crippen LogP contribution in [0.3, 0.4) is 0 Å². The predicted octanol–water partition coefficient (Wildman–Crippen LogP) is 2.96. The zero-order valence-corrected chi connectivity index (χ0v) is 14.0. The number of amides is 2. The number of hydrogen-bond acceptors (Lipinski definition) is 4. The number of cyclic esters (lactones) is 1. The Bertz CT molecular complexity index is 595. The third-order valence-electron chi connectivity index (χ3n) is 3.38. The van der Waals surface area contributed by atoms with Crippen molar-refractivity contribution < 1.29 is 19.1 Å². The summed E-state index contributed by atoms with van der Waals surface area (Å²) in [5.41, 5.74) is 1.76. The molecular formula is C14H16Cl2N2O4. The average molecular weight is 347 g/mol. The molecule has 0 radical (unpaired) electrons. The van der Waals surface area contributed by atoms with Crippen LogP contribution in [-0.2, 0) is 14.3 Å². The van der Waals surface area contributed by atoms with Gasteiger partial charge in [-0.3, -0.25) is 4.79 Å². The molecule has 1 aromatic carbocycles. The zero-order chi connectivity index (χ0) is 16.4. The highest BCUT2D eigenvalue weighted by molar-refractivity contribution is 6.36. The number of ether oxygens (including phenoxy) is 2. The summed E-state index contributed by atoms with van der Waals surface area (Å²) in [6, 6.07) is 1.61. The highest BCUT2D eigenvalue weighted by Crippen LogP contribution is 2.37. The molecule has 1 aliphatic rings. The van der Waals surface area contributed by atoms with Crippen LogP contribution >= 0.6 is 23.2 Å². The molecule has 0 atom stereocenters. The maximum atomic E-state index is 12.5. The van der Waals surface area contributed by atoms with Gasteiger partial charge in [-0.15, -0.1) is 0 Å². The van der Waals surface area contributed by atoms with Gasteiger partial charge in [0.1, 0.15) is 13.2 Å². The van der Waals surface area contributed by atoms with E-state index in [1.54, 1.807) is 19.9 Å². The van der Waals surface area contributed by atoms with E-state index in [-0.39, 0.29) is 19.8 Å². The summed E-state index contributed by atoms with van der Waals surface area (Å²) in [4.78, 5) is 24.4. The fraction of sp³-hybridized carbons (Fsp3) is 0.429. The Morgan fingerprint density at radius 3 is 2.41 bits per heavy atom. The van der Waals surface area contributed by atoms with Crippen LogP contribution in [0.15, 0.2) is 6.07 Å². The zero-order valence-electron chi connectivity index (χ0n) is 12.5. The quantitative estimate of drug-likeness (QED) is 0.840. The van der Waals surface area contributed by atoms with E-state index < -0.39 is 12.0 Å². The van der Waals surface area contributed by atoms with Gasteiger partial charge in [0.05, 0.1) is 12.2 Å². The minimum atomic E-state index is -0.598. The normalized spacial score (nSPS) is 14.2. The summed E-state index contributed by atoms with van der Waals surface area (Å²) >= 11 is 12.3. The Hall–Kier alpha value is -1.50. The van der Waals surface area contributed by atoms with Crippen molar-refractivity contribution in [2.24, 2.45) is 0 Å². The smallest absolute Gasteiger partial charge is 0.429 e. The minimum absolute atomic E-state index is 0.188. The van der Waals surface area contributed by atoms with Gasteiger partial charge >= 0.3 is 6.09 Å². The Morgan fingerprint density at radius 1 is 1.36 bits per heavy atom. The van der Waals surface area contributed by atoms with E-state index in [2.05, 4.69) is 0 Å². The Kier molecular flexibility index (Phi) is 5.16. The van der Waals surface area contributed by atoms with Crippen molar-refractivity contribution in [3.63, 3.8) is 0 Å². The van der Waals surface area contributed by atoms with Crippen molar-refractivity contribution in [2.75, 3.05) is 31.9 Å². The van der Waals surface area contributed by atoms with Crippen LogP contribution in [0, 0.1) is 13.8 Å². The molecule has 6 nitrogen and oxygen atoms in total. The fourth-order valence-corrected chi connectivity index (χ4v) is 2.74. The summed E-state index contributed by atoms with van der Waals surface area (Å²) in [7, 11) is 1.41. The number of benzene rings is 1. The number of anilines is 1. The SMILES string of the molecule is COCC(=O)N(c1c(C)c(Cl)cc(Cl)c1C)N1CCOC1=O. The second-order valence-corrected chi connectivity index (χ2v) is 5.63. The molecule has 0 aromatic heterocycles. The van der Waals surface area contributed by atoms with Crippen molar-refractivity contribution in [3.8, 4) is 0 Å². The molecule has 22 heavy (non-hydrogen) atoms. The standard InChI is InChI=1S/C14H16Cl2N2O4/c1-8-10(15)6-11(16)9(2)13(8)18(12(19)7-21-3)17-4-5-22-14(17)20/h6H,4-5,7H2,1-3H3. The van der Waals surface area contributed by atoms with Gasteiger partial charge in [-0.25, -0.2) is 14.8 Å². The maximum Gasteiger partial charge on any atom is 0.429 e. The first-order chi connectivity index (χ1) is 10.4. The van der Waals surface area contributed by atoms with E-state index >= 15 is 0 Å². The van der Waals surface area contributed by atoms with Gasteiger partial charge in [0.25, 0.3) is 5.91 Å². The van der Waals surface area contributed by atoms with Gasteiger partial charge in [-0.2, -0.15) is 0 Å². The van der Waals surface area contributed by atoms with E-state index in [9.17, 15) is 9.59 Å². The largest absolute Gasteiger partial charge is 0.446 e. The van der Waals surface area contributed by atoms with Crippen LogP contribution in [-0.4, -0.2) is 43.9 Å². The lowest BCUT2D eigenvalue weighted by molar-refractivity contribution is -0.124. The maximum absolute atomic E-state index is 12.5. The van der Waals surface area contributed by atoms with Gasteiger partial charge in [-0.1, -0.05) is 23.2 Å². The lowest BCUT2D eigenvalue weighted by atomic mass is 10.1. The number of methoxy groups -OCH3 is 1. The summed E-state index contributed by atoms with van der Waals surface area (Å²) in [5, 5.41) is 3.28.